The average molecular weight is 330 g/mol. The molecule has 1 aromatic carbocycles. The largest absolute Gasteiger partial charge is 0.356 e. The highest BCUT2D eigenvalue weighted by molar-refractivity contribution is 6.30. The van der Waals surface area contributed by atoms with E-state index >= 15 is 0 Å². The van der Waals surface area contributed by atoms with E-state index in [-0.39, 0.29) is 0 Å². The van der Waals surface area contributed by atoms with Crippen LogP contribution >= 0.6 is 11.6 Å². The highest BCUT2D eigenvalue weighted by Crippen LogP contribution is 2.25. The fourth-order valence-corrected chi connectivity index (χ4v) is 2.83. The minimum absolute atomic E-state index is 0.679. The van der Waals surface area contributed by atoms with Crippen LogP contribution in [0.2, 0.25) is 5.02 Å². The Morgan fingerprint density at radius 1 is 1.22 bits per heavy atom. The van der Waals surface area contributed by atoms with Gasteiger partial charge in [0.1, 0.15) is 12.1 Å². The number of fused-ring (bicyclic) bond motifs is 1. The SMILES string of the molecule is CCCCN(CC)c1ncnc2c1cnn2-c1cccc(Cl)c1. The summed E-state index contributed by atoms with van der Waals surface area (Å²) in [5.41, 5.74) is 1.70. The van der Waals surface area contributed by atoms with Crippen molar-refractivity contribution in [1.29, 1.82) is 0 Å². The van der Waals surface area contributed by atoms with Gasteiger partial charge in [0.25, 0.3) is 0 Å². The fraction of sp³-hybridized carbons (Fsp3) is 0.353. The molecule has 120 valence electrons. The molecule has 0 spiro atoms. The highest BCUT2D eigenvalue weighted by atomic mass is 35.5. The molecule has 0 aliphatic carbocycles. The van der Waals surface area contributed by atoms with E-state index in [4.69, 9.17) is 11.6 Å². The standard InChI is InChI=1S/C17H20ClN5/c1-3-5-9-22(4-2)16-15-11-21-23(17(15)20-12-19-16)14-8-6-7-13(18)10-14/h6-8,10-12H,3-5,9H2,1-2H3. The number of hydrogen-bond acceptors (Lipinski definition) is 4. The van der Waals surface area contributed by atoms with E-state index in [9.17, 15) is 0 Å². The van der Waals surface area contributed by atoms with E-state index in [2.05, 4.69) is 33.8 Å². The van der Waals surface area contributed by atoms with Crippen molar-refractivity contribution in [1.82, 2.24) is 19.7 Å². The van der Waals surface area contributed by atoms with Gasteiger partial charge in [0, 0.05) is 18.1 Å². The van der Waals surface area contributed by atoms with Crippen LogP contribution < -0.4 is 4.90 Å². The molecule has 0 fully saturated rings. The molecule has 0 saturated carbocycles. The Morgan fingerprint density at radius 3 is 2.83 bits per heavy atom. The molecule has 23 heavy (non-hydrogen) atoms. The first-order valence-electron chi connectivity index (χ1n) is 7.94. The van der Waals surface area contributed by atoms with Gasteiger partial charge in [-0.25, -0.2) is 14.6 Å². The summed E-state index contributed by atoms with van der Waals surface area (Å²) >= 11 is 6.09. The van der Waals surface area contributed by atoms with Crippen LogP contribution in [0.1, 0.15) is 26.7 Å². The second-order valence-corrected chi connectivity index (χ2v) is 5.84. The van der Waals surface area contributed by atoms with Crippen LogP contribution in [0.4, 0.5) is 5.82 Å². The summed E-state index contributed by atoms with van der Waals surface area (Å²) < 4.78 is 1.81. The van der Waals surface area contributed by atoms with Gasteiger partial charge < -0.3 is 4.90 Å². The Labute approximate surface area is 140 Å². The first-order valence-corrected chi connectivity index (χ1v) is 8.32. The molecule has 0 radical (unpaired) electrons. The lowest BCUT2D eigenvalue weighted by molar-refractivity contribution is 0.725. The van der Waals surface area contributed by atoms with Crippen molar-refractivity contribution in [3.63, 3.8) is 0 Å². The summed E-state index contributed by atoms with van der Waals surface area (Å²) in [5, 5.41) is 6.14. The van der Waals surface area contributed by atoms with Crippen LogP contribution in [0, 0.1) is 0 Å². The Bertz CT molecular complexity index is 799. The normalized spacial score (nSPS) is 11.1. The van der Waals surface area contributed by atoms with Crippen LogP contribution in [-0.2, 0) is 0 Å². The van der Waals surface area contributed by atoms with Crippen molar-refractivity contribution >= 4 is 28.5 Å². The van der Waals surface area contributed by atoms with Gasteiger partial charge in [-0.3, -0.25) is 0 Å². The molecule has 2 aromatic heterocycles. The lowest BCUT2D eigenvalue weighted by Gasteiger charge is -2.21. The van der Waals surface area contributed by atoms with Crippen LogP contribution in [0.3, 0.4) is 0 Å². The maximum atomic E-state index is 6.09. The monoisotopic (exact) mass is 329 g/mol. The minimum atomic E-state index is 0.679. The molecule has 3 aromatic rings. The van der Waals surface area contributed by atoms with Gasteiger partial charge in [-0.05, 0) is 31.5 Å². The fourth-order valence-electron chi connectivity index (χ4n) is 2.64. The number of benzene rings is 1. The van der Waals surface area contributed by atoms with E-state index in [0.717, 1.165) is 48.5 Å². The molecule has 0 amide bonds. The molecule has 0 atom stereocenters. The van der Waals surface area contributed by atoms with Crippen LogP contribution in [0.25, 0.3) is 16.7 Å². The number of anilines is 1. The van der Waals surface area contributed by atoms with Crippen molar-refractivity contribution in [2.24, 2.45) is 0 Å². The van der Waals surface area contributed by atoms with E-state index in [1.807, 2.05) is 30.5 Å². The summed E-state index contributed by atoms with van der Waals surface area (Å²) in [7, 11) is 0. The first kappa shape index (κ1) is 15.7. The predicted octanol–water partition coefficient (Wildman–Crippen LogP) is 4.10. The van der Waals surface area contributed by atoms with Crippen LogP contribution in [0.15, 0.2) is 36.8 Å². The second kappa shape index (κ2) is 6.96. The Kier molecular flexibility index (Phi) is 4.76. The Morgan fingerprint density at radius 2 is 2.09 bits per heavy atom. The molecule has 0 unspecified atom stereocenters. The summed E-state index contributed by atoms with van der Waals surface area (Å²) in [6, 6.07) is 7.60. The van der Waals surface area contributed by atoms with E-state index < -0.39 is 0 Å². The molecule has 0 aliphatic rings. The van der Waals surface area contributed by atoms with Crippen molar-refractivity contribution < 1.29 is 0 Å². The Hall–Kier alpha value is -2.14. The number of hydrogen-bond donors (Lipinski definition) is 0. The molecule has 6 heteroatoms. The van der Waals surface area contributed by atoms with Gasteiger partial charge in [0.05, 0.1) is 17.3 Å². The molecule has 3 rings (SSSR count). The molecule has 0 N–H and O–H groups in total. The molecular weight excluding hydrogens is 310 g/mol. The zero-order valence-electron chi connectivity index (χ0n) is 13.4. The topological polar surface area (TPSA) is 46.8 Å². The molecule has 0 saturated heterocycles. The number of aromatic nitrogens is 4. The zero-order valence-corrected chi connectivity index (χ0v) is 14.2. The Balaban J connectivity index is 2.06. The van der Waals surface area contributed by atoms with E-state index in [0.29, 0.717) is 5.02 Å². The summed E-state index contributed by atoms with van der Waals surface area (Å²) in [5.74, 6) is 0.944. The van der Waals surface area contributed by atoms with E-state index in [1.165, 1.54) is 0 Å². The molecule has 5 nitrogen and oxygen atoms in total. The first-order chi connectivity index (χ1) is 11.2. The van der Waals surface area contributed by atoms with Gasteiger partial charge in [-0.2, -0.15) is 5.10 Å². The smallest absolute Gasteiger partial charge is 0.168 e. The molecule has 0 aliphatic heterocycles. The average Bonchev–Trinajstić information content (AvgIpc) is 3.00. The molecular formula is C17H20ClN5. The molecule has 0 bridgehead atoms. The highest BCUT2D eigenvalue weighted by Gasteiger charge is 2.15. The van der Waals surface area contributed by atoms with E-state index in [1.54, 1.807) is 11.0 Å². The number of nitrogens with zero attached hydrogens (tertiary/aromatic N) is 5. The van der Waals surface area contributed by atoms with Gasteiger partial charge in [-0.1, -0.05) is 31.0 Å². The summed E-state index contributed by atoms with van der Waals surface area (Å²) in [6.45, 7) is 6.24. The predicted molar refractivity (Wildman–Crippen MR) is 94.5 cm³/mol. The van der Waals surface area contributed by atoms with Crippen molar-refractivity contribution in [3.05, 3.63) is 41.8 Å². The van der Waals surface area contributed by atoms with Gasteiger partial charge in [0.2, 0.25) is 0 Å². The third-order valence-corrected chi connectivity index (χ3v) is 4.10. The van der Waals surface area contributed by atoms with Crippen molar-refractivity contribution in [3.8, 4) is 5.69 Å². The third kappa shape index (κ3) is 3.15. The maximum Gasteiger partial charge on any atom is 0.168 e. The lowest BCUT2D eigenvalue weighted by atomic mass is 10.3. The lowest BCUT2D eigenvalue weighted by Crippen LogP contribution is -2.25. The summed E-state index contributed by atoms with van der Waals surface area (Å²) in [4.78, 5) is 11.2. The number of rotatable bonds is 6. The van der Waals surface area contributed by atoms with Gasteiger partial charge in [0.15, 0.2) is 5.65 Å². The van der Waals surface area contributed by atoms with Gasteiger partial charge in [-0.15, -0.1) is 0 Å². The summed E-state index contributed by atoms with van der Waals surface area (Å²) in [6.07, 6.45) is 5.74. The zero-order chi connectivity index (χ0) is 16.2. The van der Waals surface area contributed by atoms with Gasteiger partial charge >= 0.3 is 0 Å². The maximum absolute atomic E-state index is 6.09. The van der Waals surface area contributed by atoms with Crippen LogP contribution in [-0.4, -0.2) is 32.8 Å². The quantitative estimate of drug-likeness (QED) is 0.683. The van der Waals surface area contributed by atoms with Crippen LogP contribution in [0.5, 0.6) is 0 Å². The second-order valence-electron chi connectivity index (χ2n) is 5.40. The number of halogens is 1. The molecule has 2 heterocycles. The van der Waals surface area contributed by atoms with Crippen molar-refractivity contribution in [2.75, 3.05) is 18.0 Å². The third-order valence-electron chi connectivity index (χ3n) is 3.86. The number of unbranched alkanes of at least 4 members (excludes halogenated alkanes) is 1. The van der Waals surface area contributed by atoms with Crippen molar-refractivity contribution in [2.45, 2.75) is 26.7 Å². The minimum Gasteiger partial charge on any atom is -0.356 e.